The van der Waals surface area contributed by atoms with E-state index in [9.17, 15) is 4.79 Å². The van der Waals surface area contributed by atoms with Gasteiger partial charge < -0.3 is 9.72 Å². The van der Waals surface area contributed by atoms with E-state index in [0.29, 0.717) is 13.0 Å². The maximum absolute atomic E-state index is 12.0. The van der Waals surface area contributed by atoms with Crippen molar-refractivity contribution in [3.8, 4) is 0 Å². The van der Waals surface area contributed by atoms with Crippen LogP contribution in [0.25, 0.3) is 5.65 Å². The number of carbonyl (C=O) groups is 1. The van der Waals surface area contributed by atoms with Crippen molar-refractivity contribution in [1.82, 2.24) is 19.7 Å². The van der Waals surface area contributed by atoms with Gasteiger partial charge in [-0.15, -0.1) is 11.3 Å². The summed E-state index contributed by atoms with van der Waals surface area (Å²) in [6.07, 6.45) is 4.00. The molecule has 0 aliphatic carbocycles. The van der Waals surface area contributed by atoms with Crippen LogP contribution in [0.15, 0.2) is 29.9 Å². The molecule has 1 N–H and O–H groups in total. The second-order valence-corrected chi connectivity index (χ2v) is 6.01. The predicted molar refractivity (Wildman–Crippen MR) is 82.3 cm³/mol. The van der Waals surface area contributed by atoms with E-state index in [0.717, 1.165) is 27.6 Å². The SMILES string of the molecule is Cc1nc(CNC(=O)Cc2cnc3c(C)cccn23)cs1. The molecule has 3 heterocycles. The topological polar surface area (TPSA) is 59.3 Å². The number of pyridine rings is 1. The van der Waals surface area contributed by atoms with E-state index in [1.165, 1.54) is 0 Å². The molecule has 0 fully saturated rings. The molecule has 0 unspecified atom stereocenters. The third-order valence-corrected chi connectivity index (χ3v) is 4.10. The highest BCUT2D eigenvalue weighted by Gasteiger charge is 2.10. The Balaban J connectivity index is 1.67. The number of aromatic nitrogens is 3. The van der Waals surface area contributed by atoms with E-state index in [4.69, 9.17) is 0 Å². The van der Waals surface area contributed by atoms with Crippen molar-refractivity contribution in [3.05, 3.63) is 51.9 Å². The molecule has 0 aliphatic rings. The van der Waals surface area contributed by atoms with Crippen LogP contribution < -0.4 is 5.32 Å². The van der Waals surface area contributed by atoms with Crippen molar-refractivity contribution in [2.45, 2.75) is 26.8 Å². The number of hydrogen-bond acceptors (Lipinski definition) is 4. The summed E-state index contributed by atoms with van der Waals surface area (Å²) in [5.74, 6) is -0.0241. The van der Waals surface area contributed by atoms with Gasteiger partial charge in [0.05, 0.1) is 29.4 Å². The van der Waals surface area contributed by atoms with Gasteiger partial charge in [-0.25, -0.2) is 9.97 Å². The second kappa shape index (κ2) is 5.65. The minimum Gasteiger partial charge on any atom is -0.350 e. The van der Waals surface area contributed by atoms with Crippen LogP contribution in [0.2, 0.25) is 0 Å². The van der Waals surface area contributed by atoms with Crippen LogP contribution in [0, 0.1) is 13.8 Å². The van der Waals surface area contributed by atoms with Crippen LogP contribution in [0.3, 0.4) is 0 Å². The molecule has 0 saturated carbocycles. The fourth-order valence-electron chi connectivity index (χ4n) is 2.24. The lowest BCUT2D eigenvalue weighted by molar-refractivity contribution is -0.120. The Bertz CT molecular complexity index is 790. The Kier molecular flexibility index (Phi) is 3.70. The first-order chi connectivity index (χ1) is 10.1. The molecule has 108 valence electrons. The third kappa shape index (κ3) is 2.95. The van der Waals surface area contributed by atoms with Crippen molar-refractivity contribution in [2.75, 3.05) is 0 Å². The summed E-state index contributed by atoms with van der Waals surface area (Å²) in [4.78, 5) is 20.7. The van der Waals surface area contributed by atoms with Gasteiger partial charge in [-0.1, -0.05) is 6.07 Å². The zero-order chi connectivity index (χ0) is 14.8. The average Bonchev–Trinajstić information content (AvgIpc) is 3.05. The van der Waals surface area contributed by atoms with Gasteiger partial charge in [0.15, 0.2) is 0 Å². The molecule has 0 aromatic carbocycles. The number of rotatable bonds is 4. The Morgan fingerprint density at radius 1 is 1.43 bits per heavy atom. The van der Waals surface area contributed by atoms with Crippen LogP contribution in [-0.2, 0) is 17.8 Å². The summed E-state index contributed by atoms with van der Waals surface area (Å²) in [7, 11) is 0. The zero-order valence-corrected chi connectivity index (χ0v) is 12.8. The molecule has 5 nitrogen and oxygen atoms in total. The van der Waals surface area contributed by atoms with Crippen molar-refractivity contribution in [2.24, 2.45) is 0 Å². The lowest BCUT2D eigenvalue weighted by atomic mass is 10.3. The Labute approximate surface area is 126 Å². The number of nitrogens with one attached hydrogen (secondary N) is 1. The number of amides is 1. The Morgan fingerprint density at radius 2 is 2.29 bits per heavy atom. The second-order valence-electron chi connectivity index (χ2n) is 4.95. The maximum Gasteiger partial charge on any atom is 0.226 e. The standard InChI is InChI=1S/C15H16N4OS/c1-10-4-3-5-19-13(8-17-15(10)19)6-14(20)16-7-12-9-21-11(2)18-12/h3-5,8-9H,6-7H2,1-2H3,(H,16,20). The summed E-state index contributed by atoms with van der Waals surface area (Å²) in [5, 5.41) is 5.87. The van der Waals surface area contributed by atoms with E-state index in [-0.39, 0.29) is 5.91 Å². The number of nitrogens with zero attached hydrogens (tertiary/aromatic N) is 3. The molecule has 0 spiro atoms. The molecule has 6 heteroatoms. The van der Waals surface area contributed by atoms with E-state index >= 15 is 0 Å². The van der Waals surface area contributed by atoms with Crippen molar-refractivity contribution in [3.63, 3.8) is 0 Å². The quantitative estimate of drug-likeness (QED) is 0.804. The summed E-state index contributed by atoms with van der Waals surface area (Å²) < 4.78 is 1.96. The largest absolute Gasteiger partial charge is 0.350 e. The van der Waals surface area contributed by atoms with Crippen molar-refractivity contribution in [1.29, 1.82) is 0 Å². The molecular weight excluding hydrogens is 284 g/mol. The third-order valence-electron chi connectivity index (χ3n) is 3.28. The van der Waals surface area contributed by atoms with Gasteiger partial charge in [-0.2, -0.15) is 0 Å². The van der Waals surface area contributed by atoms with Crippen LogP contribution in [-0.4, -0.2) is 20.3 Å². The minimum atomic E-state index is -0.0241. The normalized spacial score (nSPS) is 11.0. The summed E-state index contributed by atoms with van der Waals surface area (Å²) >= 11 is 1.59. The molecule has 3 aromatic rings. The number of aryl methyl sites for hydroxylation is 2. The van der Waals surface area contributed by atoms with Gasteiger partial charge in [0.1, 0.15) is 5.65 Å². The molecular formula is C15H16N4OS. The van der Waals surface area contributed by atoms with E-state index in [2.05, 4.69) is 15.3 Å². The first-order valence-corrected chi connectivity index (χ1v) is 7.60. The summed E-state index contributed by atoms with van der Waals surface area (Å²) in [6, 6.07) is 3.97. The van der Waals surface area contributed by atoms with Gasteiger partial charge >= 0.3 is 0 Å². The number of fused-ring (bicyclic) bond motifs is 1. The van der Waals surface area contributed by atoms with Crippen LogP contribution in [0.4, 0.5) is 0 Å². The van der Waals surface area contributed by atoms with Gasteiger partial charge in [0.25, 0.3) is 0 Å². The first-order valence-electron chi connectivity index (χ1n) is 6.73. The highest BCUT2D eigenvalue weighted by Crippen LogP contribution is 2.12. The zero-order valence-electron chi connectivity index (χ0n) is 12.0. The summed E-state index contributed by atoms with van der Waals surface area (Å²) in [6.45, 7) is 4.44. The maximum atomic E-state index is 12.0. The molecule has 0 atom stereocenters. The minimum absolute atomic E-state index is 0.0241. The smallest absolute Gasteiger partial charge is 0.226 e. The number of hydrogen-bond donors (Lipinski definition) is 1. The van der Waals surface area contributed by atoms with Crippen molar-refractivity contribution >= 4 is 22.9 Å². The monoisotopic (exact) mass is 300 g/mol. The van der Waals surface area contributed by atoms with Crippen LogP contribution in [0.1, 0.15) is 22.0 Å². The van der Waals surface area contributed by atoms with Gasteiger partial charge in [0, 0.05) is 17.8 Å². The Hall–Kier alpha value is -2.21. The van der Waals surface area contributed by atoms with Crippen molar-refractivity contribution < 1.29 is 4.79 Å². The lowest BCUT2D eigenvalue weighted by Gasteiger charge is -2.04. The number of imidazole rings is 1. The van der Waals surface area contributed by atoms with E-state index in [1.54, 1.807) is 17.5 Å². The van der Waals surface area contributed by atoms with Gasteiger partial charge in [-0.3, -0.25) is 4.79 Å². The molecule has 3 rings (SSSR count). The lowest BCUT2D eigenvalue weighted by Crippen LogP contribution is -2.25. The predicted octanol–water partition coefficient (Wildman–Crippen LogP) is 2.27. The molecule has 0 bridgehead atoms. The van der Waals surface area contributed by atoms with Gasteiger partial charge in [0.2, 0.25) is 5.91 Å². The fraction of sp³-hybridized carbons (Fsp3) is 0.267. The highest BCUT2D eigenvalue weighted by atomic mass is 32.1. The fourth-order valence-corrected chi connectivity index (χ4v) is 2.85. The average molecular weight is 300 g/mol. The number of thiazole rings is 1. The van der Waals surface area contributed by atoms with Gasteiger partial charge in [-0.05, 0) is 25.5 Å². The number of carbonyl (C=O) groups excluding carboxylic acids is 1. The van der Waals surface area contributed by atoms with Crippen LogP contribution in [0.5, 0.6) is 0 Å². The molecule has 0 saturated heterocycles. The van der Waals surface area contributed by atoms with E-state index < -0.39 is 0 Å². The molecule has 0 radical (unpaired) electrons. The molecule has 21 heavy (non-hydrogen) atoms. The molecule has 3 aromatic heterocycles. The highest BCUT2D eigenvalue weighted by molar-refractivity contribution is 7.09. The summed E-state index contributed by atoms with van der Waals surface area (Å²) in [5.41, 5.74) is 3.79. The van der Waals surface area contributed by atoms with E-state index in [1.807, 2.05) is 42.0 Å². The van der Waals surface area contributed by atoms with Crippen LogP contribution >= 0.6 is 11.3 Å². The molecule has 0 aliphatic heterocycles. The molecule has 1 amide bonds. The Morgan fingerprint density at radius 3 is 3.05 bits per heavy atom. The first kappa shape index (κ1) is 13.8.